The lowest BCUT2D eigenvalue weighted by atomic mass is 9.87. The van der Waals surface area contributed by atoms with E-state index in [1.54, 1.807) is 41.5 Å². The number of hydrogen-bond acceptors (Lipinski definition) is 4. The van der Waals surface area contributed by atoms with Gasteiger partial charge in [0, 0.05) is 18.1 Å². The summed E-state index contributed by atoms with van der Waals surface area (Å²) < 4.78 is 129. The SMILES string of the molecule is CCC1CC(N(Cc2cc(C(F)(F)F)cc(C(F)(F)F)c2)/C(N)=N/NC(C)(C)C)c2cc(C(F)(F)F)ccc2N1C(=O)OC(C)C. The number of rotatable bonds is 6. The molecule has 3 N–H and O–H groups in total. The van der Waals surface area contributed by atoms with Crippen LogP contribution in [0.2, 0.25) is 0 Å². The summed E-state index contributed by atoms with van der Waals surface area (Å²) in [7, 11) is 0. The summed E-state index contributed by atoms with van der Waals surface area (Å²) in [6.07, 6.45) is -16.4. The molecule has 2 unspecified atom stereocenters. The lowest BCUT2D eigenvalue weighted by Gasteiger charge is -2.44. The molecule has 1 aliphatic rings. The van der Waals surface area contributed by atoms with Crippen molar-refractivity contribution in [3.63, 3.8) is 0 Å². The number of fused-ring (bicyclic) bond motifs is 1. The molecule has 2 aromatic rings. The van der Waals surface area contributed by atoms with Crippen molar-refractivity contribution in [1.82, 2.24) is 10.3 Å². The van der Waals surface area contributed by atoms with Gasteiger partial charge in [-0.1, -0.05) is 6.92 Å². The van der Waals surface area contributed by atoms with Crippen molar-refractivity contribution in [3.05, 3.63) is 64.2 Å². The van der Waals surface area contributed by atoms with Gasteiger partial charge in [-0.3, -0.25) is 4.90 Å². The summed E-state index contributed by atoms with van der Waals surface area (Å²) in [4.78, 5) is 15.5. The summed E-state index contributed by atoms with van der Waals surface area (Å²) in [6.45, 7) is 9.28. The normalized spacial score (nSPS) is 18.0. The van der Waals surface area contributed by atoms with Gasteiger partial charge in [0.2, 0.25) is 5.96 Å². The number of guanidine groups is 1. The quantitative estimate of drug-likeness (QED) is 0.140. The van der Waals surface area contributed by atoms with Gasteiger partial charge in [0.05, 0.1) is 34.5 Å². The lowest BCUT2D eigenvalue weighted by Crippen LogP contribution is -2.50. The van der Waals surface area contributed by atoms with E-state index in [1.165, 1.54) is 4.90 Å². The van der Waals surface area contributed by atoms with Gasteiger partial charge in [0.25, 0.3) is 0 Å². The van der Waals surface area contributed by atoms with Crippen molar-refractivity contribution < 1.29 is 49.0 Å². The molecule has 0 aliphatic carbocycles. The van der Waals surface area contributed by atoms with Gasteiger partial charge in [-0.05, 0) is 95.0 Å². The van der Waals surface area contributed by atoms with Crippen molar-refractivity contribution in [3.8, 4) is 0 Å². The number of nitrogens with two attached hydrogens (primary N) is 1. The zero-order valence-corrected chi connectivity index (χ0v) is 26.0. The maximum Gasteiger partial charge on any atom is 0.416 e. The molecule has 2 aromatic carbocycles. The number of alkyl halides is 9. The largest absolute Gasteiger partial charge is 0.446 e. The summed E-state index contributed by atoms with van der Waals surface area (Å²) in [5.74, 6) is -0.415. The molecule has 0 radical (unpaired) electrons. The van der Waals surface area contributed by atoms with Gasteiger partial charge in [0.1, 0.15) is 0 Å². The number of anilines is 1. The molecule has 46 heavy (non-hydrogen) atoms. The Kier molecular flexibility index (Phi) is 10.4. The molecular weight excluding hydrogens is 633 g/mol. The van der Waals surface area contributed by atoms with E-state index in [9.17, 15) is 44.3 Å². The van der Waals surface area contributed by atoms with Crippen LogP contribution in [0.5, 0.6) is 0 Å². The molecule has 1 amide bonds. The predicted molar refractivity (Wildman–Crippen MR) is 153 cm³/mol. The van der Waals surface area contributed by atoms with Crippen LogP contribution in [0.3, 0.4) is 0 Å². The molecule has 1 heterocycles. The number of carbonyl (C=O) groups excluding carboxylic acids is 1. The molecule has 0 fully saturated rings. The van der Waals surface area contributed by atoms with Gasteiger partial charge >= 0.3 is 24.6 Å². The molecule has 0 saturated carbocycles. The van der Waals surface area contributed by atoms with E-state index < -0.39 is 83.1 Å². The van der Waals surface area contributed by atoms with Crippen LogP contribution in [0.1, 0.15) is 88.2 Å². The molecule has 0 saturated heterocycles. The highest BCUT2D eigenvalue weighted by molar-refractivity contribution is 5.91. The molecule has 16 heteroatoms. The topological polar surface area (TPSA) is 83.2 Å². The molecular formula is C30H36F9N5O2. The smallest absolute Gasteiger partial charge is 0.416 e. The number of ether oxygens (including phenoxy) is 1. The molecule has 2 atom stereocenters. The second-order valence-electron chi connectivity index (χ2n) is 12.3. The number of nitrogens with zero attached hydrogens (tertiary/aromatic N) is 3. The Labute approximate surface area is 260 Å². The first-order chi connectivity index (χ1) is 20.9. The monoisotopic (exact) mass is 669 g/mol. The van der Waals surface area contributed by atoms with Crippen LogP contribution in [0, 0.1) is 0 Å². The van der Waals surface area contributed by atoms with Gasteiger partial charge in [-0.2, -0.15) is 39.5 Å². The van der Waals surface area contributed by atoms with Crippen LogP contribution in [-0.4, -0.2) is 34.6 Å². The number of nitrogens with one attached hydrogen (secondary N) is 1. The number of halogens is 9. The molecule has 0 spiro atoms. The summed E-state index contributed by atoms with van der Waals surface area (Å²) in [5, 5.41) is 4.10. The van der Waals surface area contributed by atoms with Gasteiger partial charge in [-0.15, -0.1) is 5.10 Å². The molecule has 3 rings (SSSR count). The fourth-order valence-corrected chi connectivity index (χ4v) is 5.00. The number of carbonyl (C=O) groups is 1. The highest BCUT2D eigenvalue weighted by atomic mass is 19.4. The lowest BCUT2D eigenvalue weighted by molar-refractivity contribution is -0.143. The van der Waals surface area contributed by atoms with Crippen LogP contribution in [0.15, 0.2) is 41.5 Å². The minimum absolute atomic E-state index is 0.0170. The van der Waals surface area contributed by atoms with E-state index in [1.807, 2.05) is 0 Å². The third kappa shape index (κ3) is 8.90. The first-order valence-corrected chi connectivity index (χ1v) is 14.3. The van der Waals surface area contributed by atoms with Crippen molar-refractivity contribution >= 4 is 17.7 Å². The fraction of sp³-hybridized carbons (Fsp3) is 0.533. The Morgan fingerprint density at radius 1 is 0.957 bits per heavy atom. The Bertz CT molecular complexity index is 1400. The van der Waals surface area contributed by atoms with Crippen LogP contribution < -0.4 is 16.1 Å². The van der Waals surface area contributed by atoms with E-state index in [0.717, 1.165) is 23.1 Å². The molecule has 0 bridgehead atoms. The van der Waals surface area contributed by atoms with Crippen LogP contribution >= 0.6 is 0 Å². The standard InChI is InChI=1S/C30H36F9N5O2/c1-7-21-14-24(22-13-18(28(31,32)33)8-9-23(22)44(21)26(45)46-16(2)3)43(25(40)41-42-27(4,5)6)15-17-10-19(29(34,35)36)12-20(11-17)30(37,38)39/h8-13,16,21,24,42H,7,14-15H2,1-6H3,(H2,40,41). The minimum Gasteiger partial charge on any atom is -0.446 e. The van der Waals surface area contributed by atoms with E-state index in [0.29, 0.717) is 12.1 Å². The zero-order valence-electron chi connectivity index (χ0n) is 26.0. The Hall–Kier alpha value is -3.85. The van der Waals surface area contributed by atoms with E-state index in [2.05, 4.69) is 10.5 Å². The van der Waals surface area contributed by atoms with Crippen LogP contribution in [0.25, 0.3) is 0 Å². The Balaban J connectivity index is 2.31. The van der Waals surface area contributed by atoms with Gasteiger partial charge in [0.15, 0.2) is 0 Å². The summed E-state index contributed by atoms with van der Waals surface area (Å²) in [6, 6.07) is 1.76. The second kappa shape index (κ2) is 13.1. The van der Waals surface area contributed by atoms with Gasteiger partial charge < -0.3 is 20.8 Å². The van der Waals surface area contributed by atoms with Crippen molar-refractivity contribution in [2.75, 3.05) is 4.90 Å². The van der Waals surface area contributed by atoms with Gasteiger partial charge in [-0.25, -0.2) is 4.79 Å². The molecule has 1 aliphatic heterocycles. The van der Waals surface area contributed by atoms with Crippen LogP contribution in [0.4, 0.5) is 50.0 Å². The van der Waals surface area contributed by atoms with Crippen molar-refractivity contribution in [2.24, 2.45) is 10.8 Å². The van der Waals surface area contributed by atoms with E-state index in [-0.39, 0.29) is 30.2 Å². The maximum absolute atomic E-state index is 13.9. The second-order valence-corrected chi connectivity index (χ2v) is 12.3. The molecule has 7 nitrogen and oxygen atoms in total. The summed E-state index contributed by atoms with van der Waals surface area (Å²) >= 11 is 0. The minimum atomic E-state index is -5.14. The van der Waals surface area contributed by atoms with Crippen molar-refractivity contribution in [2.45, 2.75) is 103 Å². The van der Waals surface area contributed by atoms with E-state index in [4.69, 9.17) is 10.5 Å². The Morgan fingerprint density at radius 3 is 1.96 bits per heavy atom. The Morgan fingerprint density at radius 2 is 1.50 bits per heavy atom. The average molecular weight is 670 g/mol. The molecule has 0 aromatic heterocycles. The number of amides is 1. The average Bonchev–Trinajstić information content (AvgIpc) is 2.91. The number of benzene rings is 2. The first-order valence-electron chi connectivity index (χ1n) is 14.3. The van der Waals surface area contributed by atoms with Crippen molar-refractivity contribution in [1.29, 1.82) is 0 Å². The number of hydrazone groups is 1. The third-order valence-electron chi connectivity index (χ3n) is 7.02. The van der Waals surface area contributed by atoms with E-state index >= 15 is 0 Å². The highest BCUT2D eigenvalue weighted by Crippen LogP contribution is 2.45. The maximum atomic E-state index is 13.9. The third-order valence-corrected chi connectivity index (χ3v) is 7.02. The van der Waals surface area contributed by atoms with Crippen LogP contribution in [-0.2, 0) is 29.8 Å². The zero-order chi connectivity index (χ0) is 35.0. The molecule has 256 valence electrons. The summed E-state index contributed by atoms with van der Waals surface area (Å²) in [5.41, 5.74) is 3.56. The predicted octanol–water partition coefficient (Wildman–Crippen LogP) is 8.44. The first kappa shape index (κ1) is 36.6. The highest BCUT2D eigenvalue weighted by Gasteiger charge is 2.43. The number of hydrogen-bond donors (Lipinski definition) is 2. The fourth-order valence-electron chi connectivity index (χ4n) is 5.00.